The van der Waals surface area contributed by atoms with Gasteiger partial charge >= 0.3 is 51.0 Å². The summed E-state index contributed by atoms with van der Waals surface area (Å²) in [7, 11) is -3.62. The van der Waals surface area contributed by atoms with Crippen LogP contribution in [0.1, 0.15) is 88.4 Å². The number of nitrogens with zero attached hydrogens (tertiary/aromatic N) is 8. The highest BCUT2D eigenvalue weighted by Crippen LogP contribution is 2.36. The number of aliphatic carboxylic acids is 2. The molecule has 0 fully saturated rings. The van der Waals surface area contributed by atoms with E-state index >= 15 is 0 Å². The number of hydrogen-bond acceptors (Lipinski definition) is 20. The lowest BCUT2D eigenvalue weighted by Crippen LogP contribution is -2.28. The van der Waals surface area contributed by atoms with Crippen LogP contribution < -0.4 is 36.3 Å². The van der Waals surface area contributed by atoms with Crippen molar-refractivity contribution in [2.24, 2.45) is 5.73 Å². The fourth-order valence-electron chi connectivity index (χ4n) is 8.27. The number of carboxylic acids is 2. The molecule has 0 bridgehead atoms. The predicted octanol–water partition coefficient (Wildman–Crippen LogP) is 3.11. The molecule has 3 unspecified atom stereocenters. The average molecular weight is 1020 g/mol. The topological polar surface area (TPSA) is 346 Å². The van der Waals surface area contributed by atoms with E-state index in [9.17, 15) is 34.3 Å². The maximum Gasteiger partial charge on any atom is 0.492 e. The number of rotatable bonds is 14. The van der Waals surface area contributed by atoms with E-state index in [2.05, 4.69) is 39.6 Å². The standard InChI is InChI=1S/C17H16BN3O5.C15H14BN3O6.C15H12BN3O5/c1-4-24-16(22)7-13-17-10(2)5-11(6-12(17)18(23)26-13)25-15-9-20-8-14(19-3)21-15;1-7-2-8(24-12-6-18-5-10(19-12)15(17)22)3-9-14(7)11(4-13(20)21)25-16(9)23;1-8-3-9(23-13-7-18-6-12(17-2)19-13)4-10-15(8)11(5-14(20)21)24-16(10)22/h5-6,8-9,13,23H,4,7H2,1-2H3;2-3,5-6,11,23H,4H2,1H3,(H2,17,22)(H,20,21);3-4,6-7,11,22H,5H2,1H3,(H,20,21). The van der Waals surface area contributed by atoms with Crippen LogP contribution in [0.5, 0.6) is 34.9 Å². The number of hydrogen-bond donors (Lipinski definition) is 6. The Morgan fingerprint density at radius 2 is 0.947 bits per heavy atom. The van der Waals surface area contributed by atoms with Crippen molar-refractivity contribution in [3.05, 3.63) is 135 Å². The van der Waals surface area contributed by atoms with Gasteiger partial charge in [-0.3, -0.25) is 34.1 Å². The number of aromatic nitrogens is 6. The summed E-state index contributed by atoms with van der Waals surface area (Å²) in [5, 5.41) is 48.2. The minimum absolute atomic E-state index is 0.0253. The second-order valence-corrected chi connectivity index (χ2v) is 16.4. The SMILES string of the molecule is Cc1cc(Oc2cncc(C(N)=O)n2)cc2c1C(CC(=O)O)OB2O.[C-]#[N+]c1cncc(Oc2cc(C)c3c(c2)B(O)OC3CC(=O)O)n1.[C-]#[N+]c1cncc(Oc2cc(C)c3c(c2)B(O)OC3CC(=O)OCC)n1. The number of fused-ring (bicyclic) bond motifs is 3. The summed E-state index contributed by atoms with van der Waals surface area (Å²) in [5.41, 5.74) is 10.8. The lowest BCUT2D eigenvalue weighted by atomic mass is 9.77. The number of carbonyl (C=O) groups is 4. The van der Waals surface area contributed by atoms with Crippen molar-refractivity contribution in [1.82, 2.24) is 29.9 Å². The molecule has 0 aliphatic carbocycles. The van der Waals surface area contributed by atoms with Crippen LogP contribution in [0.2, 0.25) is 0 Å². The first-order valence-corrected chi connectivity index (χ1v) is 22.4. The van der Waals surface area contributed by atoms with Gasteiger partial charge in [-0.15, -0.1) is 0 Å². The first-order chi connectivity index (χ1) is 35.8. The summed E-state index contributed by atoms with van der Waals surface area (Å²) in [6.07, 6.45) is 5.50. The monoisotopic (exact) mass is 1020 g/mol. The molecule has 3 aromatic carbocycles. The highest BCUT2D eigenvalue weighted by Gasteiger charge is 2.40. The van der Waals surface area contributed by atoms with Gasteiger partial charge in [0.25, 0.3) is 17.5 Å². The predicted molar refractivity (Wildman–Crippen MR) is 261 cm³/mol. The van der Waals surface area contributed by atoms with Crippen molar-refractivity contribution >= 4 is 73.2 Å². The Balaban J connectivity index is 0.000000164. The average Bonchev–Trinajstić information content (AvgIpc) is 3.97. The zero-order valence-corrected chi connectivity index (χ0v) is 40.1. The molecule has 28 heteroatoms. The number of carbonyl (C=O) groups excluding carboxylic acids is 2. The molecule has 0 radical (unpaired) electrons. The Labute approximate surface area is 427 Å². The lowest BCUT2D eigenvalue weighted by molar-refractivity contribution is -0.145. The molecule has 3 aliphatic rings. The third kappa shape index (κ3) is 13.2. The van der Waals surface area contributed by atoms with Crippen molar-refractivity contribution in [3.8, 4) is 34.9 Å². The first kappa shape index (κ1) is 53.9. The van der Waals surface area contributed by atoms with Gasteiger partial charge < -0.3 is 73.6 Å². The number of benzene rings is 3. The van der Waals surface area contributed by atoms with Crippen molar-refractivity contribution in [2.45, 2.75) is 65.3 Å². The smallest absolute Gasteiger partial charge is 0.481 e. The van der Waals surface area contributed by atoms with Gasteiger partial charge in [0.15, 0.2) is 0 Å². The Kier molecular flexibility index (Phi) is 17.1. The molecule has 6 aromatic rings. The molecule has 75 heavy (non-hydrogen) atoms. The molecule has 25 nitrogen and oxygen atoms in total. The van der Waals surface area contributed by atoms with Gasteiger partial charge in [-0.25, -0.2) is 4.98 Å². The molecule has 9 rings (SSSR count). The van der Waals surface area contributed by atoms with Crippen molar-refractivity contribution in [1.29, 1.82) is 0 Å². The minimum Gasteiger partial charge on any atom is -0.481 e. The van der Waals surface area contributed by atoms with Gasteiger partial charge in [0.2, 0.25) is 5.88 Å². The van der Waals surface area contributed by atoms with Crippen LogP contribution in [-0.2, 0) is 33.1 Å². The van der Waals surface area contributed by atoms with E-state index in [1.807, 2.05) is 6.92 Å². The summed E-state index contributed by atoms with van der Waals surface area (Å²) in [4.78, 5) is 74.7. The molecular weight excluding hydrogens is 979 g/mol. The maximum atomic E-state index is 11.7. The number of nitrogens with two attached hydrogens (primary N) is 1. The van der Waals surface area contributed by atoms with E-state index in [-0.39, 0.29) is 66.8 Å². The molecule has 6 heterocycles. The lowest BCUT2D eigenvalue weighted by Gasteiger charge is -2.14. The van der Waals surface area contributed by atoms with E-state index in [4.69, 9.17) is 62.0 Å². The molecule has 3 atom stereocenters. The Hall–Kier alpha value is -8.89. The third-order valence-corrected chi connectivity index (χ3v) is 11.2. The quantitative estimate of drug-likeness (QED) is 0.0518. The van der Waals surface area contributed by atoms with E-state index in [0.29, 0.717) is 50.3 Å². The summed E-state index contributed by atoms with van der Waals surface area (Å²) in [6.45, 7) is 21.3. The molecule has 3 aromatic heterocycles. The van der Waals surface area contributed by atoms with Gasteiger partial charge in [-0.05, 0) is 114 Å². The fourth-order valence-corrected chi connectivity index (χ4v) is 8.27. The van der Waals surface area contributed by atoms with Crippen LogP contribution in [0.3, 0.4) is 0 Å². The zero-order chi connectivity index (χ0) is 54.1. The van der Waals surface area contributed by atoms with Crippen LogP contribution in [0.4, 0.5) is 11.6 Å². The van der Waals surface area contributed by atoms with E-state index < -0.39 is 57.5 Å². The maximum absolute atomic E-state index is 11.7. The molecule has 3 aliphatic heterocycles. The van der Waals surface area contributed by atoms with Crippen LogP contribution in [0, 0.1) is 33.9 Å². The van der Waals surface area contributed by atoms with Gasteiger partial charge in [-0.2, -0.15) is 0 Å². The molecule has 380 valence electrons. The summed E-state index contributed by atoms with van der Waals surface area (Å²) < 4.78 is 37.9. The number of ether oxygens (including phenoxy) is 4. The van der Waals surface area contributed by atoms with Gasteiger partial charge in [-0.1, -0.05) is 23.1 Å². The summed E-state index contributed by atoms with van der Waals surface area (Å²) in [5.74, 6) is -1.38. The first-order valence-electron chi connectivity index (χ1n) is 22.4. The van der Waals surface area contributed by atoms with Crippen LogP contribution in [-0.4, -0.2) is 107 Å². The van der Waals surface area contributed by atoms with E-state index in [0.717, 1.165) is 16.7 Å². The minimum atomic E-state index is -1.25. The second kappa shape index (κ2) is 23.8. The molecule has 7 N–H and O–H groups in total. The van der Waals surface area contributed by atoms with Gasteiger partial charge in [0.05, 0.1) is 69.0 Å². The number of amides is 1. The fraction of sp³-hybridized carbons (Fsp3) is 0.234. The Morgan fingerprint density at radius 1 is 0.587 bits per heavy atom. The van der Waals surface area contributed by atoms with Gasteiger partial charge in [0.1, 0.15) is 35.3 Å². The largest absolute Gasteiger partial charge is 0.492 e. The number of primary amides is 1. The van der Waals surface area contributed by atoms with Crippen molar-refractivity contribution in [3.63, 3.8) is 0 Å². The number of esters is 1. The summed E-state index contributed by atoms with van der Waals surface area (Å²) >= 11 is 0. The Morgan fingerprint density at radius 3 is 1.29 bits per heavy atom. The van der Waals surface area contributed by atoms with Crippen LogP contribution in [0.15, 0.2) is 73.6 Å². The van der Waals surface area contributed by atoms with E-state index in [1.54, 1.807) is 51.1 Å². The highest BCUT2D eigenvalue weighted by molar-refractivity contribution is 6.62. The van der Waals surface area contributed by atoms with E-state index in [1.165, 1.54) is 43.2 Å². The molecule has 0 saturated heterocycles. The number of carboxylic acid groups (broad SMARTS) is 2. The highest BCUT2D eigenvalue weighted by atomic mass is 16.6. The zero-order valence-electron chi connectivity index (χ0n) is 40.1. The molecule has 1 amide bonds. The van der Waals surface area contributed by atoms with Crippen LogP contribution in [0.25, 0.3) is 9.69 Å². The normalized spacial score (nSPS) is 15.6. The van der Waals surface area contributed by atoms with Crippen molar-refractivity contribution in [2.75, 3.05) is 6.61 Å². The van der Waals surface area contributed by atoms with Gasteiger partial charge in [0, 0.05) is 0 Å². The molecule has 0 spiro atoms. The second-order valence-electron chi connectivity index (χ2n) is 16.4. The molecule has 0 saturated carbocycles. The summed E-state index contributed by atoms with van der Waals surface area (Å²) in [6, 6.07) is 9.85. The van der Waals surface area contributed by atoms with Crippen LogP contribution >= 0.6 is 0 Å². The third-order valence-electron chi connectivity index (χ3n) is 11.2. The Bertz CT molecular complexity index is 3270. The molecular formula is C47H42B3N9O16. The van der Waals surface area contributed by atoms with Crippen molar-refractivity contribution < 1.29 is 77.4 Å². The number of aryl methyl sites for hydroxylation is 3.